The standard InChI is InChI=1S/2C31H73N5O12Si2/c1-3-5-8-28(4-2)24-48-27-31(39)22-35(13-9-32)15-16-36(23-30(38)26-47-18-7-20-50(43,44)45)14-12-33-10-11-34-21-29(37)25-46-17-6-19-49(40,41)42;1-3-5-8-28(4-2)24-48-27-31(39)23-36(22-30(38)26-47-18-7-20-50(43,44)45)16-13-34-12-15-35(14-11-33-10-9-32)21-29(37)25-46-17-6-19-49(40,41)42/h2*28-31,33-34,37-45H,3-27,32H2,1-2H3. The van der Waals surface area contributed by atoms with Crippen LogP contribution in [0.4, 0.5) is 0 Å². The lowest BCUT2D eigenvalue weighted by Crippen LogP contribution is -2.46. The number of ether oxygens (including phenoxy) is 6. The average molecular weight is 1530 g/mol. The van der Waals surface area contributed by atoms with Crippen molar-refractivity contribution in [1.29, 1.82) is 0 Å². The second kappa shape index (κ2) is 65.6. The van der Waals surface area contributed by atoms with Gasteiger partial charge in [-0.25, -0.2) is 0 Å². The van der Waals surface area contributed by atoms with Crippen molar-refractivity contribution in [1.82, 2.24) is 40.9 Å². The van der Waals surface area contributed by atoms with Gasteiger partial charge < -0.3 is 149 Å². The van der Waals surface area contributed by atoms with Gasteiger partial charge in [0.1, 0.15) is 0 Å². The molecule has 0 saturated heterocycles. The summed E-state index contributed by atoms with van der Waals surface area (Å²) in [6.07, 6.45) is 5.52. The van der Waals surface area contributed by atoms with Crippen molar-refractivity contribution in [2.75, 3.05) is 223 Å². The Hall–Kier alpha value is -0.492. The van der Waals surface area contributed by atoms with E-state index < -0.39 is 71.8 Å². The maximum Gasteiger partial charge on any atom is 0.492 e. The van der Waals surface area contributed by atoms with Gasteiger partial charge in [0.2, 0.25) is 0 Å². The molecule has 0 aliphatic heterocycles. The molecule has 0 aromatic rings. The maximum absolute atomic E-state index is 10.8. The highest BCUT2D eigenvalue weighted by Crippen LogP contribution is 2.15. The van der Waals surface area contributed by atoms with Crippen LogP contribution in [-0.2, 0) is 28.4 Å². The van der Waals surface area contributed by atoms with Crippen molar-refractivity contribution < 1.29 is 117 Å². The third kappa shape index (κ3) is 73.0. The molecule has 26 N–H and O–H groups in total. The van der Waals surface area contributed by atoms with Crippen molar-refractivity contribution in [3.63, 3.8) is 0 Å². The fourth-order valence-electron chi connectivity index (χ4n) is 10.4. The monoisotopic (exact) mass is 1530 g/mol. The molecule has 0 aromatic heterocycles. The second-order valence-corrected chi connectivity index (χ2v) is 34.5. The summed E-state index contributed by atoms with van der Waals surface area (Å²) in [6.45, 7) is 23.0. The van der Waals surface area contributed by atoms with E-state index in [-0.39, 0.29) is 116 Å². The Morgan fingerprint density at radius 3 is 0.930 bits per heavy atom. The summed E-state index contributed by atoms with van der Waals surface area (Å²) in [5.74, 6) is 0.962. The number of unbranched alkanes of at least 4 members (excludes halogenated alkanes) is 2. The fraction of sp³-hybridized carbons (Fsp3) is 1.00. The summed E-state index contributed by atoms with van der Waals surface area (Å²) in [5.41, 5.74) is 11.5. The Bertz CT molecular complexity index is 1760. The maximum atomic E-state index is 10.8. The molecule has 0 aliphatic rings. The first-order valence-corrected chi connectivity index (χ1v) is 44.9. The van der Waals surface area contributed by atoms with Crippen LogP contribution in [0, 0.1) is 11.8 Å². The van der Waals surface area contributed by atoms with Gasteiger partial charge in [-0.3, -0.25) is 19.6 Å². The van der Waals surface area contributed by atoms with E-state index >= 15 is 0 Å². The minimum absolute atomic E-state index is 0.0228. The molecule has 38 heteroatoms. The molecule has 604 valence electrons. The number of aliphatic hydroxyl groups excluding tert-OH is 6. The van der Waals surface area contributed by atoms with E-state index in [0.717, 1.165) is 44.9 Å². The van der Waals surface area contributed by atoms with Crippen LogP contribution in [-0.4, -0.2) is 403 Å². The van der Waals surface area contributed by atoms with Crippen molar-refractivity contribution in [2.45, 2.75) is 166 Å². The zero-order chi connectivity index (χ0) is 75.4. The van der Waals surface area contributed by atoms with Crippen LogP contribution in [0.2, 0.25) is 24.2 Å². The first kappa shape index (κ1) is 102. The number of nitrogens with one attached hydrogen (secondary N) is 4. The summed E-state index contributed by atoms with van der Waals surface area (Å²) >= 11 is 0. The minimum atomic E-state index is -4.11. The van der Waals surface area contributed by atoms with Gasteiger partial charge in [0.05, 0.1) is 76.3 Å². The van der Waals surface area contributed by atoms with E-state index in [1.807, 2.05) is 4.90 Å². The van der Waals surface area contributed by atoms with E-state index in [1.54, 1.807) is 0 Å². The van der Waals surface area contributed by atoms with Crippen LogP contribution < -0.4 is 32.7 Å². The Morgan fingerprint density at radius 2 is 0.600 bits per heavy atom. The summed E-state index contributed by atoms with van der Waals surface area (Å²) in [6, 6.07) is -0.487. The topological polar surface area (TPSA) is 533 Å². The molecule has 0 fully saturated rings. The zero-order valence-electron chi connectivity index (χ0n) is 61.4. The van der Waals surface area contributed by atoms with Crippen molar-refractivity contribution >= 4 is 35.2 Å². The van der Waals surface area contributed by atoms with Crippen LogP contribution >= 0.6 is 0 Å². The van der Waals surface area contributed by atoms with Gasteiger partial charge >= 0.3 is 35.2 Å². The molecule has 100 heavy (non-hydrogen) atoms. The molecule has 0 aliphatic carbocycles. The van der Waals surface area contributed by atoms with Gasteiger partial charge in [-0.1, -0.05) is 66.2 Å². The van der Waals surface area contributed by atoms with Gasteiger partial charge in [-0.15, -0.1) is 0 Å². The molecular weight excluding hydrogens is 1380 g/mol. The van der Waals surface area contributed by atoms with E-state index in [4.69, 9.17) is 97.4 Å². The van der Waals surface area contributed by atoms with Crippen LogP contribution in [0.25, 0.3) is 0 Å². The number of aliphatic hydroxyl groups is 6. The Labute approximate surface area is 602 Å². The Balaban J connectivity index is 0. The molecule has 0 saturated carbocycles. The van der Waals surface area contributed by atoms with Crippen LogP contribution in [0.5, 0.6) is 0 Å². The van der Waals surface area contributed by atoms with Crippen molar-refractivity contribution in [3.05, 3.63) is 0 Å². The van der Waals surface area contributed by atoms with Gasteiger partial charge in [-0.2, -0.15) is 0 Å². The smallest absolute Gasteiger partial charge is 0.390 e. The normalized spacial score (nSPS) is 15.2. The quantitative estimate of drug-likeness (QED) is 0.0199. The van der Waals surface area contributed by atoms with Crippen molar-refractivity contribution in [2.24, 2.45) is 23.3 Å². The van der Waals surface area contributed by atoms with Crippen LogP contribution in [0.15, 0.2) is 0 Å². The number of hydrogen-bond donors (Lipinski definition) is 24. The number of rotatable bonds is 74. The number of hydrogen-bond acceptors (Lipinski definition) is 34. The van der Waals surface area contributed by atoms with Gasteiger partial charge in [0, 0.05) is 208 Å². The highest BCUT2D eigenvalue weighted by atomic mass is 28.4. The molecular formula is C62H146N10O24Si4. The highest BCUT2D eigenvalue weighted by Gasteiger charge is 2.29. The zero-order valence-corrected chi connectivity index (χ0v) is 65.4. The molecule has 0 radical (unpaired) electrons. The molecule has 8 unspecified atom stereocenters. The van der Waals surface area contributed by atoms with E-state index in [1.165, 1.54) is 6.42 Å². The summed E-state index contributed by atoms with van der Waals surface area (Å²) in [5, 5.41) is 76.5. The Morgan fingerprint density at radius 1 is 0.310 bits per heavy atom. The molecule has 8 atom stereocenters. The number of nitrogens with zero attached hydrogens (tertiary/aromatic N) is 4. The number of nitrogens with two attached hydrogens (primary N) is 2. The van der Waals surface area contributed by atoms with E-state index in [2.05, 4.69) is 63.7 Å². The lowest BCUT2D eigenvalue weighted by molar-refractivity contribution is -0.0159. The second-order valence-electron chi connectivity index (χ2n) is 26.3. The first-order valence-electron chi connectivity index (χ1n) is 36.7. The average Bonchev–Trinajstić information content (AvgIpc) is 1.13. The third-order valence-electron chi connectivity index (χ3n) is 16.0. The van der Waals surface area contributed by atoms with Crippen molar-refractivity contribution in [3.8, 4) is 0 Å². The Kier molecular flexibility index (Phi) is 66.6. The molecule has 0 heterocycles. The van der Waals surface area contributed by atoms with Gasteiger partial charge in [0.15, 0.2) is 0 Å². The fourth-order valence-corrected chi connectivity index (χ4v) is 12.8. The molecule has 0 spiro atoms. The van der Waals surface area contributed by atoms with E-state index in [9.17, 15) is 30.6 Å². The molecule has 0 bridgehead atoms. The van der Waals surface area contributed by atoms with Gasteiger partial charge in [0.25, 0.3) is 0 Å². The predicted octanol–water partition coefficient (Wildman–Crippen LogP) is -6.62. The molecule has 34 nitrogen and oxygen atoms in total. The first-order chi connectivity index (χ1) is 47.4. The lowest BCUT2D eigenvalue weighted by atomic mass is 10.0. The van der Waals surface area contributed by atoms with E-state index in [0.29, 0.717) is 169 Å². The van der Waals surface area contributed by atoms with Gasteiger partial charge in [-0.05, 0) is 50.4 Å². The predicted molar refractivity (Wildman–Crippen MR) is 390 cm³/mol. The SMILES string of the molecule is CCCCC(CC)COCC(O)CN(CCN)CCN(CCNCCNCC(O)COCCC[Si](O)(O)O)CC(O)COCCC[Si](O)(O)O.CCCCC(CC)COCC(O)CN(CCNCCN(CCNCCN)CC(O)COCCC[Si](O)(O)O)CC(O)COCCC[Si](O)(O)O. The summed E-state index contributed by atoms with van der Waals surface area (Å²) in [7, 11) is -16.4. The van der Waals surface area contributed by atoms with Crippen LogP contribution in [0.1, 0.15) is 105 Å². The molecule has 0 aromatic carbocycles. The largest absolute Gasteiger partial charge is 0.492 e. The summed E-state index contributed by atoms with van der Waals surface area (Å²) in [4.78, 5) is 117. The highest BCUT2D eigenvalue weighted by molar-refractivity contribution is 6.57. The molecule has 0 rings (SSSR count). The molecule has 0 amide bonds. The minimum Gasteiger partial charge on any atom is -0.390 e. The van der Waals surface area contributed by atoms with Crippen LogP contribution in [0.3, 0.4) is 0 Å². The summed E-state index contributed by atoms with van der Waals surface area (Å²) < 4.78 is 33.4. The lowest BCUT2D eigenvalue weighted by Gasteiger charge is -2.30. The third-order valence-corrected chi connectivity index (χ3v) is 20.1.